The van der Waals surface area contributed by atoms with Gasteiger partial charge in [0.25, 0.3) is 0 Å². The molecule has 1 aromatic carbocycles. The lowest BCUT2D eigenvalue weighted by Gasteiger charge is -2.11. The van der Waals surface area contributed by atoms with Crippen molar-refractivity contribution < 1.29 is 4.74 Å². The van der Waals surface area contributed by atoms with Crippen molar-refractivity contribution in [3.05, 3.63) is 66.5 Å². The number of pyridine rings is 2. The third-order valence-corrected chi connectivity index (χ3v) is 4.12. The fourth-order valence-electron chi connectivity index (χ4n) is 2.74. The van der Waals surface area contributed by atoms with Crippen LogP contribution >= 0.6 is 0 Å². The standard InChI is InChI=1S/C20H19N7O/c1-28-18-6-2-5-16(26-18)25-17-12-23-19(21)20(27-17)24-11-13-7-8-15-14(10-13)4-3-9-22-15/h2-10,12H,11H2,1H3,(H2,21,23)(H2,24,25,26,27). The Balaban J connectivity index is 1.50. The number of ether oxygens (including phenoxy) is 1. The van der Waals surface area contributed by atoms with E-state index in [1.54, 1.807) is 25.6 Å². The van der Waals surface area contributed by atoms with Gasteiger partial charge in [-0.25, -0.2) is 9.97 Å². The summed E-state index contributed by atoms with van der Waals surface area (Å²) in [5.74, 6) is 2.47. The molecule has 0 saturated carbocycles. The number of nitrogen functional groups attached to an aromatic ring is 1. The van der Waals surface area contributed by atoms with E-state index in [1.165, 1.54) is 0 Å². The average Bonchev–Trinajstić information content (AvgIpc) is 2.74. The summed E-state index contributed by atoms with van der Waals surface area (Å²) in [6.45, 7) is 0.560. The maximum atomic E-state index is 5.97. The van der Waals surface area contributed by atoms with Gasteiger partial charge in [0, 0.05) is 24.2 Å². The fraction of sp³-hybridized carbons (Fsp3) is 0.100. The van der Waals surface area contributed by atoms with Crippen LogP contribution in [0.1, 0.15) is 5.56 Å². The summed E-state index contributed by atoms with van der Waals surface area (Å²) in [5.41, 5.74) is 8.03. The van der Waals surface area contributed by atoms with Gasteiger partial charge in [-0.05, 0) is 29.8 Å². The zero-order valence-electron chi connectivity index (χ0n) is 15.3. The molecule has 3 aromatic heterocycles. The normalized spacial score (nSPS) is 10.6. The molecule has 8 heteroatoms. The van der Waals surface area contributed by atoms with Crippen LogP contribution in [0, 0.1) is 0 Å². The molecule has 0 fully saturated rings. The van der Waals surface area contributed by atoms with Gasteiger partial charge >= 0.3 is 0 Å². The van der Waals surface area contributed by atoms with Gasteiger partial charge in [-0.1, -0.05) is 18.2 Å². The molecule has 4 rings (SSSR count). The monoisotopic (exact) mass is 373 g/mol. The zero-order valence-corrected chi connectivity index (χ0v) is 15.3. The molecule has 4 aromatic rings. The molecule has 8 nitrogen and oxygen atoms in total. The number of nitrogens with zero attached hydrogens (tertiary/aromatic N) is 4. The predicted octanol–water partition coefficient (Wildman–Crippen LogP) is 3.37. The summed E-state index contributed by atoms with van der Waals surface area (Å²) < 4.78 is 5.13. The molecule has 140 valence electrons. The number of nitrogens with two attached hydrogens (primary N) is 1. The summed E-state index contributed by atoms with van der Waals surface area (Å²) in [7, 11) is 1.57. The van der Waals surface area contributed by atoms with Gasteiger partial charge in [0.05, 0.1) is 18.8 Å². The van der Waals surface area contributed by atoms with Crippen molar-refractivity contribution in [2.24, 2.45) is 0 Å². The Kier molecular flexibility index (Phi) is 4.83. The van der Waals surface area contributed by atoms with Gasteiger partial charge in [0.1, 0.15) is 5.82 Å². The van der Waals surface area contributed by atoms with E-state index in [1.807, 2.05) is 36.4 Å². The topological polar surface area (TPSA) is 111 Å². The summed E-state index contributed by atoms with van der Waals surface area (Å²) in [6, 6.07) is 15.5. The lowest BCUT2D eigenvalue weighted by atomic mass is 10.1. The van der Waals surface area contributed by atoms with Crippen LogP contribution < -0.4 is 21.1 Å². The Hall–Kier alpha value is -3.94. The van der Waals surface area contributed by atoms with E-state index >= 15 is 0 Å². The number of rotatable bonds is 6. The third kappa shape index (κ3) is 3.90. The molecule has 28 heavy (non-hydrogen) atoms. The molecule has 3 heterocycles. The molecule has 0 saturated heterocycles. The van der Waals surface area contributed by atoms with E-state index in [9.17, 15) is 0 Å². The molecular weight excluding hydrogens is 354 g/mol. The SMILES string of the molecule is COc1cccc(Nc2cnc(N)c(NCc3ccc4ncccc4c3)n2)n1. The first-order chi connectivity index (χ1) is 13.7. The Bertz CT molecular complexity index is 1120. The number of aromatic nitrogens is 4. The molecule has 0 unspecified atom stereocenters. The first-order valence-electron chi connectivity index (χ1n) is 8.69. The number of nitrogens with one attached hydrogen (secondary N) is 2. The number of hydrogen-bond donors (Lipinski definition) is 3. The van der Waals surface area contributed by atoms with Crippen LogP contribution in [0.15, 0.2) is 60.9 Å². The molecule has 0 radical (unpaired) electrons. The minimum atomic E-state index is 0.326. The van der Waals surface area contributed by atoms with Crippen molar-refractivity contribution in [1.82, 2.24) is 19.9 Å². The molecule has 0 amide bonds. The minimum absolute atomic E-state index is 0.326. The molecule has 0 bridgehead atoms. The van der Waals surface area contributed by atoms with Crippen molar-refractivity contribution in [1.29, 1.82) is 0 Å². The Morgan fingerprint density at radius 3 is 2.82 bits per heavy atom. The maximum absolute atomic E-state index is 5.97. The highest BCUT2D eigenvalue weighted by Gasteiger charge is 2.07. The Morgan fingerprint density at radius 2 is 1.93 bits per heavy atom. The third-order valence-electron chi connectivity index (χ3n) is 4.12. The van der Waals surface area contributed by atoms with Crippen molar-refractivity contribution in [3.63, 3.8) is 0 Å². The van der Waals surface area contributed by atoms with E-state index in [4.69, 9.17) is 10.5 Å². The highest BCUT2D eigenvalue weighted by atomic mass is 16.5. The van der Waals surface area contributed by atoms with E-state index in [-0.39, 0.29) is 0 Å². The van der Waals surface area contributed by atoms with Crippen molar-refractivity contribution >= 4 is 34.2 Å². The predicted molar refractivity (Wildman–Crippen MR) is 110 cm³/mol. The van der Waals surface area contributed by atoms with Gasteiger partial charge in [-0.15, -0.1) is 0 Å². The van der Waals surface area contributed by atoms with Crippen LogP contribution in [-0.4, -0.2) is 27.0 Å². The summed E-state index contributed by atoms with van der Waals surface area (Å²) in [4.78, 5) is 17.3. The van der Waals surface area contributed by atoms with E-state index in [2.05, 4.69) is 36.6 Å². The second kappa shape index (κ2) is 7.75. The zero-order chi connectivity index (χ0) is 19.3. The Labute approximate surface area is 161 Å². The van der Waals surface area contributed by atoms with Gasteiger partial charge in [0.15, 0.2) is 17.5 Å². The van der Waals surface area contributed by atoms with E-state index in [0.717, 1.165) is 16.5 Å². The molecular formula is C20H19N7O. The van der Waals surface area contributed by atoms with Crippen LogP contribution in [0.2, 0.25) is 0 Å². The number of fused-ring (bicyclic) bond motifs is 1. The lowest BCUT2D eigenvalue weighted by Crippen LogP contribution is -2.08. The highest BCUT2D eigenvalue weighted by Crippen LogP contribution is 2.21. The second-order valence-electron chi connectivity index (χ2n) is 6.06. The van der Waals surface area contributed by atoms with Crippen LogP contribution in [0.5, 0.6) is 5.88 Å². The molecule has 0 aliphatic heterocycles. The summed E-state index contributed by atoms with van der Waals surface area (Å²) in [5, 5.41) is 7.42. The highest BCUT2D eigenvalue weighted by molar-refractivity contribution is 5.79. The molecule has 0 spiro atoms. The van der Waals surface area contributed by atoms with Crippen LogP contribution in [0.25, 0.3) is 10.9 Å². The fourth-order valence-corrected chi connectivity index (χ4v) is 2.74. The minimum Gasteiger partial charge on any atom is -0.481 e. The number of benzene rings is 1. The van der Waals surface area contributed by atoms with Gasteiger partial charge in [0.2, 0.25) is 5.88 Å². The van der Waals surface area contributed by atoms with Crippen molar-refractivity contribution in [2.45, 2.75) is 6.54 Å². The average molecular weight is 373 g/mol. The van der Waals surface area contributed by atoms with Crippen molar-refractivity contribution in [2.75, 3.05) is 23.5 Å². The van der Waals surface area contributed by atoms with Crippen molar-refractivity contribution in [3.8, 4) is 5.88 Å². The van der Waals surface area contributed by atoms with Gasteiger partial charge in [-0.3, -0.25) is 4.98 Å². The number of methoxy groups -OCH3 is 1. The van der Waals surface area contributed by atoms with Crippen LogP contribution in [0.4, 0.5) is 23.3 Å². The van der Waals surface area contributed by atoms with Crippen LogP contribution in [0.3, 0.4) is 0 Å². The largest absolute Gasteiger partial charge is 0.481 e. The quantitative estimate of drug-likeness (QED) is 0.472. The van der Waals surface area contributed by atoms with Crippen LogP contribution in [-0.2, 0) is 6.54 Å². The van der Waals surface area contributed by atoms with E-state index in [0.29, 0.717) is 35.7 Å². The molecule has 4 N–H and O–H groups in total. The van der Waals surface area contributed by atoms with Gasteiger partial charge in [-0.2, -0.15) is 4.98 Å². The lowest BCUT2D eigenvalue weighted by molar-refractivity contribution is 0.398. The maximum Gasteiger partial charge on any atom is 0.214 e. The van der Waals surface area contributed by atoms with Gasteiger partial charge < -0.3 is 21.1 Å². The second-order valence-corrected chi connectivity index (χ2v) is 6.06. The first kappa shape index (κ1) is 17.5. The van der Waals surface area contributed by atoms with E-state index < -0.39 is 0 Å². The smallest absolute Gasteiger partial charge is 0.214 e. The Morgan fingerprint density at radius 1 is 1.00 bits per heavy atom. The molecule has 0 aliphatic carbocycles. The summed E-state index contributed by atoms with van der Waals surface area (Å²) >= 11 is 0. The molecule has 0 atom stereocenters. The first-order valence-corrected chi connectivity index (χ1v) is 8.69. The summed E-state index contributed by atoms with van der Waals surface area (Å²) in [6.07, 6.45) is 3.34. The molecule has 0 aliphatic rings. The number of anilines is 4. The number of hydrogen-bond acceptors (Lipinski definition) is 8.